The molecule has 244 valence electrons. The number of aromatic hydroxyl groups is 1. The van der Waals surface area contributed by atoms with Crippen molar-refractivity contribution < 1.29 is 5.11 Å². The van der Waals surface area contributed by atoms with E-state index >= 15 is 0 Å². The summed E-state index contributed by atoms with van der Waals surface area (Å²) in [6.07, 6.45) is 2.61. The van der Waals surface area contributed by atoms with Crippen LogP contribution in [-0.2, 0) is 6.42 Å². The van der Waals surface area contributed by atoms with Crippen LogP contribution in [-0.4, -0.2) is 15.1 Å². The molecular formula is C47H35N3O. The van der Waals surface area contributed by atoms with Gasteiger partial charge < -0.3 is 5.11 Å². The summed E-state index contributed by atoms with van der Waals surface area (Å²) in [5, 5.41) is 10.9. The zero-order valence-corrected chi connectivity index (χ0v) is 28.0. The fraction of sp³-hybridized carbons (Fsp3) is 0.0213. The van der Waals surface area contributed by atoms with E-state index in [0.29, 0.717) is 5.56 Å². The second-order valence-corrected chi connectivity index (χ2v) is 12.5. The van der Waals surface area contributed by atoms with Gasteiger partial charge in [0, 0.05) is 28.7 Å². The summed E-state index contributed by atoms with van der Waals surface area (Å²) in [4.78, 5) is 12.4. The third-order valence-corrected chi connectivity index (χ3v) is 8.99. The minimum atomic E-state index is 0.200. The zero-order chi connectivity index (χ0) is 34.4. The summed E-state index contributed by atoms with van der Waals surface area (Å²) >= 11 is 0. The molecule has 0 aliphatic heterocycles. The third kappa shape index (κ3) is 7.03. The molecule has 8 rings (SSSR count). The van der Waals surface area contributed by atoms with Gasteiger partial charge in [0.05, 0.1) is 11.4 Å². The highest BCUT2D eigenvalue weighted by atomic mass is 16.3. The van der Waals surface area contributed by atoms with Crippen LogP contribution in [0.1, 0.15) is 11.1 Å². The summed E-state index contributed by atoms with van der Waals surface area (Å²) in [6, 6.07) is 64.1. The van der Waals surface area contributed by atoms with Gasteiger partial charge in [0.15, 0.2) is 0 Å². The molecule has 51 heavy (non-hydrogen) atoms. The van der Waals surface area contributed by atoms with Crippen LogP contribution in [0.4, 0.5) is 17.2 Å². The van der Waals surface area contributed by atoms with E-state index in [-0.39, 0.29) is 5.75 Å². The largest absolute Gasteiger partial charge is 0.507 e. The minimum Gasteiger partial charge on any atom is -0.507 e. The molecule has 0 fully saturated rings. The van der Waals surface area contributed by atoms with Gasteiger partial charge in [-0.2, -0.15) is 0 Å². The molecule has 0 saturated carbocycles. The predicted molar refractivity (Wildman–Crippen MR) is 209 cm³/mol. The van der Waals surface area contributed by atoms with E-state index in [0.717, 1.165) is 68.4 Å². The number of hydrogen-bond donors (Lipinski definition) is 1. The quantitative estimate of drug-likeness (QED) is 0.168. The van der Waals surface area contributed by atoms with Crippen molar-refractivity contribution >= 4 is 17.2 Å². The third-order valence-electron chi connectivity index (χ3n) is 8.99. The van der Waals surface area contributed by atoms with Gasteiger partial charge in [-0.1, -0.05) is 121 Å². The first kappa shape index (κ1) is 31.5. The Kier molecular flexibility index (Phi) is 8.87. The van der Waals surface area contributed by atoms with Crippen molar-refractivity contribution in [2.24, 2.45) is 0 Å². The van der Waals surface area contributed by atoms with E-state index < -0.39 is 0 Å². The number of hydrogen-bond acceptors (Lipinski definition) is 4. The summed E-state index contributed by atoms with van der Waals surface area (Å²) in [5.41, 5.74) is 11.8. The van der Waals surface area contributed by atoms with Gasteiger partial charge in [-0.25, -0.2) is 9.97 Å². The van der Waals surface area contributed by atoms with Gasteiger partial charge in [-0.3, -0.25) is 4.90 Å². The van der Waals surface area contributed by atoms with Gasteiger partial charge in [0.1, 0.15) is 11.6 Å². The fourth-order valence-corrected chi connectivity index (χ4v) is 6.52. The molecule has 0 unspecified atom stereocenters. The number of aromatic nitrogens is 2. The Morgan fingerprint density at radius 1 is 0.431 bits per heavy atom. The van der Waals surface area contributed by atoms with Crippen molar-refractivity contribution in [1.29, 1.82) is 0 Å². The van der Waals surface area contributed by atoms with E-state index in [1.807, 2.05) is 48.7 Å². The lowest BCUT2D eigenvalue weighted by Crippen LogP contribution is -2.12. The number of phenols is 1. The van der Waals surface area contributed by atoms with E-state index in [4.69, 9.17) is 9.97 Å². The van der Waals surface area contributed by atoms with E-state index in [2.05, 4.69) is 144 Å². The number of para-hydroxylation sites is 2. The second-order valence-electron chi connectivity index (χ2n) is 12.5. The number of benzene rings is 6. The molecule has 2 heterocycles. The van der Waals surface area contributed by atoms with Crippen LogP contribution in [0.3, 0.4) is 0 Å². The molecule has 0 radical (unpaired) electrons. The Balaban J connectivity index is 1.34. The summed E-state index contributed by atoms with van der Waals surface area (Å²) in [6.45, 7) is 0. The first-order valence-electron chi connectivity index (χ1n) is 17.1. The minimum absolute atomic E-state index is 0.200. The Morgan fingerprint density at radius 2 is 1.02 bits per heavy atom. The smallest absolute Gasteiger partial charge is 0.138 e. The molecule has 6 aromatic carbocycles. The van der Waals surface area contributed by atoms with E-state index in [1.54, 1.807) is 6.07 Å². The van der Waals surface area contributed by atoms with Gasteiger partial charge >= 0.3 is 0 Å². The van der Waals surface area contributed by atoms with Gasteiger partial charge in [-0.15, -0.1) is 0 Å². The lowest BCUT2D eigenvalue weighted by molar-refractivity contribution is 0.477. The monoisotopic (exact) mass is 657 g/mol. The second kappa shape index (κ2) is 14.4. The lowest BCUT2D eigenvalue weighted by Gasteiger charge is -2.26. The van der Waals surface area contributed by atoms with Crippen LogP contribution in [0.25, 0.3) is 44.8 Å². The number of nitrogens with zero attached hydrogens (tertiary/aromatic N) is 3. The molecule has 2 aromatic heterocycles. The van der Waals surface area contributed by atoms with Crippen molar-refractivity contribution in [3.05, 3.63) is 205 Å². The Bertz CT molecular complexity index is 2400. The van der Waals surface area contributed by atoms with Crippen LogP contribution in [0.5, 0.6) is 5.75 Å². The first-order valence-corrected chi connectivity index (χ1v) is 17.1. The average Bonchev–Trinajstić information content (AvgIpc) is 3.19. The molecule has 0 atom stereocenters. The molecule has 0 amide bonds. The van der Waals surface area contributed by atoms with Crippen molar-refractivity contribution in [3.63, 3.8) is 0 Å². The van der Waals surface area contributed by atoms with Crippen molar-refractivity contribution in [2.45, 2.75) is 6.42 Å². The van der Waals surface area contributed by atoms with Crippen LogP contribution >= 0.6 is 0 Å². The molecule has 0 saturated heterocycles. The van der Waals surface area contributed by atoms with Gasteiger partial charge in [0.2, 0.25) is 0 Å². The maximum atomic E-state index is 10.9. The highest BCUT2D eigenvalue weighted by molar-refractivity contribution is 5.85. The topological polar surface area (TPSA) is 49.2 Å². The molecule has 0 bridgehead atoms. The van der Waals surface area contributed by atoms with Crippen molar-refractivity contribution in [3.8, 4) is 50.5 Å². The molecular weight excluding hydrogens is 623 g/mol. The van der Waals surface area contributed by atoms with Crippen LogP contribution in [0.2, 0.25) is 0 Å². The maximum Gasteiger partial charge on any atom is 0.138 e. The molecule has 0 aliphatic rings. The summed E-state index contributed by atoms with van der Waals surface area (Å²) in [7, 11) is 0. The van der Waals surface area contributed by atoms with Crippen molar-refractivity contribution in [1.82, 2.24) is 9.97 Å². The molecule has 8 aromatic rings. The van der Waals surface area contributed by atoms with Gasteiger partial charge in [0.25, 0.3) is 0 Å². The predicted octanol–water partition coefficient (Wildman–Crippen LogP) is 11.9. The summed E-state index contributed by atoms with van der Waals surface area (Å²) in [5.74, 6) is 1.01. The number of pyridine rings is 2. The lowest BCUT2D eigenvalue weighted by atomic mass is 9.96. The van der Waals surface area contributed by atoms with Gasteiger partial charge in [-0.05, 0) is 107 Å². The number of phenolic OH excluding ortho intramolecular Hbond substituents is 1. The van der Waals surface area contributed by atoms with Crippen molar-refractivity contribution in [2.75, 3.05) is 4.90 Å². The average molecular weight is 658 g/mol. The van der Waals surface area contributed by atoms with Crippen LogP contribution in [0, 0.1) is 0 Å². The fourth-order valence-electron chi connectivity index (χ4n) is 6.52. The SMILES string of the molecule is Oc1ccccc1-c1cc(Cc2ccccc2)cc(-c2cc(-c3ccccc3)cc(N(c3ccccc3)c3cc(-c4ccccc4)ccn3)c2)n1. The van der Waals surface area contributed by atoms with E-state index in [1.165, 1.54) is 5.56 Å². The Morgan fingerprint density at radius 3 is 1.73 bits per heavy atom. The highest BCUT2D eigenvalue weighted by Crippen LogP contribution is 2.40. The molecule has 0 spiro atoms. The van der Waals surface area contributed by atoms with Crippen LogP contribution in [0.15, 0.2) is 194 Å². The Labute approximate surface area is 298 Å². The maximum absolute atomic E-state index is 10.9. The van der Waals surface area contributed by atoms with E-state index in [9.17, 15) is 5.11 Å². The normalized spacial score (nSPS) is 10.9. The highest BCUT2D eigenvalue weighted by Gasteiger charge is 2.19. The molecule has 0 aliphatic carbocycles. The van der Waals surface area contributed by atoms with Crippen LogP contribution < -0.4 is 4.90 Å². The molecule has 4 nitrogen and oxygen atoms in total. The number of rotatable bonds is 9. The number of anilines is 3. The summed E-state index contributed by atoms with van der Waals surface area (Å²) < 4.78 is 0. The standard InChI is InChI=1S/C47H35N3O/c51-46-24-14-13-23-43(46)45-29-35(27-34-15-5-1-6-16-34)28-44(49-45)40-30-39(37-19-9-3-10-20-37)31-42(32-40)50(41-21-11-4-12-22-41)47-33-38(25-26-48-47)36-17-7-2-8-18-36/h1-26,28-33,51H,27H2. The molecule has 1 N–H and O–H groups in total. The zero-order valence-electron chi connectivity index (χ0n) is 28.0. The first-order chi connectivity index (χ1) is 25.2. The Hall–Kier alpha value is -6.78. The molecule has 4 heteroatoms.